The molecule has 0 aliphatic rings. The van der Waals surface area contributed by atoms with Crippen molar-refractivity contribution in [3.8, 4) is 0 Å². The average Bonchev–Trinajstić information content (AvgIpc) is 2.22. The van der Waals surface area contributed by atoms with Crippen molar-refractivity contribution >= 4 is 12.2 Å². The fourth-order valence-electron chi connectivity index (χ4n) is 0.943. The van der Waals surface area contributed by atoms with Crippen molar-refractivity contribution in [3.05, 3.63) is 0 Å². The molecule has 8 N–H and O–H groups in total. The lowest BCUT2D eigenvalue weighted by atomic mass is 10.0. The molecule has 0 aromatic carbocycles. The van der Waals surface area contributed by atoms with E-state index in [1.807, 2.05) is 0 Å². The zero-order valence-corrected chi connectivity index (χ0v) is 7.89. The lowest BCUT2D eigenvalue weighted by Crippen LogP contribution is -2.47. The van der Waals surface area contributed by atoms with Crippen LogP contribution < -0.4 is 11.5 Å². The Balaban J connectivity index is 4.77. The second-order valence-electron chi connectivity index (χ2n) is 2.91. The van der Waals surface area contributed by atoms with Gasteiger partial charge in [-0.3, -0.25) is 0 Å². The van der Waals surface area contributed by atoms with Crippen LogP contribution in [0, 0.1) is 0 Å². The topological polar surface area (TPSA) is 162 Å². The van der Waals surface area contributed by atoms with E-state index in [9.17, 15) is 9.90 Å². The highest BCUT2D eigenvalue weighted by Crippen LogP contribution is 2.08. The Hall–Kier alpha value is -1.22. The SMILES string of the molecule is NC(N)=N[C@@H]([C@H](O)[C@H](O)CO)[C@H](O)C=O. The fourth-order valence-corrected chi connectivity index (χ4v) is 0.943. The summed E-state index contributed by atoms with van der Waals surface area (Å²) < 4.78 is 0. The Kier molecular flexibility index (Phi) is 5.79. The van der Waals surface area contributed by atoms with Crippen molar-refractivity contribution in [1.82, 2.24) is 0 Å². The molecule has 0 aromatic heterocycles. The minimum Gasteiger partial charge on any atom is -0.394 e. The molecule has 0 aromatic rings. The smallest absolute Gasteiger partial charge is 0.186 e. The summed E-state index contributed by atoms with van der Waals surface area (Å²) in [6.45, 7) is -0.747. The van der Waals surface area contributed by atoms with Crippen molar-refractivity contribution < 1.29 is 25.2 Å². The first-order valence-electron chi connectivity index (χ1n) is 4.13. The Morgan fingerprint density at radius 1 is 1.33 bits per heavy atom. The van der Waals surface area contributed by atoms with Gasteiger partial charge in [0.25, 0.3) is 0 Å². The number of aldehydes is 1. The normalized spacial score (nSPS) is 18.7. The number of nitrogens with two attached hydrogens (primary N) is 2. The van der Waals surface area contributed by atoms with Crippen LogP contribution in [0.3, 0.4) is 0 Å². The van der Waals surface area contributed by atoms with Crippen molar-refractivity contribution in [2.75, 3.05) is 6.61 Å². The number of aliphatic hydroxyl groups is 4. The van der Waals surface area contributed by atoms with Gasteiger partial charge < -0.3 is 36.7 Å². The van der Waals surface area contributed by atoms with Crippen molar-refractivity contribution in [1.29, 1.82) is 0 Å². The molecule has 88 valence electrons. The maximum Gasteiger partial charge on any atom is 0.186 e. The zero-order chi connectivity index (χ0) is 12.0. The summed E-state index contributed by atoms with van der Waals surface area (Å²) in [5.41, 5.74) is 10.0. The number of rotatable bonds is 6. The van der Waals surface area contributed by atoms with Gasteiger partial charge in [0.05, 0.1) is 6.61 Å². The van der Waals surface area contributed by atoms with Crippen molar-refractivity contribution in [2.45, 2.75) is 24.4 Å². The average molecular weight is 221 g/mol. The molecule has 0 bridgehead atoms. The molecule has 0 rings (SSSR count). The molecule has 0 fully saturated rings. The van der Waals surface area contributed by atoms with Crippen LogP contribution in [0.15, 0.2) is 4.99 Å². The number of aliphatic hydroxyl groups excluding tert-OH is 4. The molecule has 0 aliphatic heterocycles. The third-order valence-electron chi connectivity index (χ3n) is 1.72. The lowest BCUT2D eigenvalue weighted by molar-refractivity contribution is -0.119. The van der Waals surface area contributed by atoms with Gasteiger partial charge in [-0.05, 0) is 0 Å². The molecule has 0 unspecified atom stereocenters. The summed E-state index contributed by atoms with van der Waals surface area (Å²) in [5.74, 6) is -0.454. The van der Waals surface area contributed by atoms with Crippen LogP contribution >= 0.6 is 0 Å². The Morgan fingerprint density at radius 2 is 1.87 bits per heavy atom. The van der Waals surface area contributed by atoms with Crippen molar-refractivity contribution in [3.63, 3.8) is 0 Å². The van der Waals surface area contributed by atoms with E-state index >= 15 is 0 Å². The fraction of sp³-hybridized carbons (Fsp3) is 0.714. The number of carbonyl (C=O) groups is 1. The number of hydrogen-bond donors (Lipinski definition) is 6. The molecule has 0 heterocycles. The Morgan fingerprint density at radius 3 is 2.20 bits per heavy atom. The Bertz CT molecular complexity index is 231. The number of hydrogen-bond acceptors (Lipinski definition) is 6. The summed E-state index contributed by atoms with van der Waals surface area (Å²) in [5, 5.41) is 36.2. The standard InChI is InChI=1S/C7H15N3O5/c8-7(9)10-5(3(13)1-11)6(15)4(14)2-12/h1,3-6,12-15H,2H2,(H4,8,9,10)/t3-,4-,5-,6-/m1/s1. The van der Waals surface area contributed by atoms with Gasteiger partial charge >= 0.3 is 0 Å². The molecular weight excluding hydrogens is 206 g/mol. The summed E-state index contributed by atoms with van der Waals surface area (Å²) in [6.07, 6.45) is -4.74. The highest BCUT2D eigenvalue weighted by atomic mass is 16.4. The van der Waals surface area contributed by atoms with E-state index < -0.39 is 36.9 Å². The maximum absolute atomic E-state index is 10.3. The highest BCUT2D eigenvalue weighted by molar-refractivity contribution is 5.76. The molecular formula is C7H15N3O5. The van der Waals surface area contributed by atoms with Gasteiger partial charge in [0.2, 0.25) is 0 Å². The highest BCUT2D eigenvalue weighted by Gasteiger charge is 2.31. The largest absolute Gasteiger partial charge is 0.394 e. The van der Waals surface area contributed by atoms with Gasteiger partial charge in [-0.2, -0.15) is 0 Å². The molecule has 0 spiro atoms. The van der Waals surface area contributed by atoms with Crippen LogP contribution in [0.5, 0.6) is 0 Å². The second kappa shape index (κ2) is 6.30. The Labute approximate surface area is 85.8 Å². The zero-order valence-electron chi connectivity index (χ0n) is 7.89. The second-order valence-corrected chi connectivity index (χ2v) is 2.91. The van der Waals surface area contributed by atoms with Crippen LogP contribution in [0.25, 0.3) is 0 Å². The van der Waals surface area contributed by atoms with E-state index in [-0.39, 0.29) is 6.29 Å². The van der Waals surface area contributed by atoms with Crippen LogP contribution in [-0.2, 0) is 4.79 Å². The number of aliphatic imine (C=N–C) groups is 1. The number of nitrogens with zero attached hydrogens (tertiary/aromatic N) is 1. The number of guanidine groups is 1. The van der Waals surface area contributed by atoms with Crippen LogP contribution in [0.2, 0.25) is 0 Å². The third kappa shape index (κ3) is 4.21. The molecule has 8 heteroatoms. The van der Waals surface area contributed by atoms with Gasteiger partial charge in [-0.1, -0.05) is 0 Å². The minimum absolute atomic E-state index is 0.115. The lowest BCUT2D eigenvalue weighted by Gasteiger charge is -2.24. The van der Waals surface area contributed by atoms with E-state index in [1.54, 1.807) is 0 Å². The van der Waals surface area contributed by atoms with Crippen LogP contribution in [-0.4, -0.2) is 63.6 Å². The number of carbonyl (C=O) groups excluding carboxylic acids is 1. The van der Waals surface area contributed by atoms with Gasteiger partial charge in [0, 0.05) is 0 Å². The first-order valence-corrected chi connectivity index (χ1v) is 4.13. The predicted molar refractivity (Wildman–Crippen MR) is 50.8 cm³/mol. The molecule has 8 nitrogen and oxygen atoms in total. The molecule has 15 heavy (non-hydrogen) atoms. The van der Waals surface area contributed by atoms with E-state index in [0.29, 0.717) is 0 Å². The molecule has 0 saturated heterocycles. The quantitative estimate of drug-likeness (QED) is 0.151. The molecule has 4 atom stereocenters. The van der Waals surface area contributed by atoms with Crippen LogP contribution in [0.4, 0.5) is 0 Å². The molecule has 0 amide bonds. The molecule has 0 aliphatic carbocycles. The van der Waals surface area contributed by atoms with Crippen LogP contribution in [0.1, 0.15) is 0 Å². The van der Waals surface area contributed by atoms with Gasteiger partial charge in [-0.15, -0.1) is 0 Å². The van der Waals surface area contributed by atoms with E-state index in [2.05, 4.69) is 4.99 Å². The summed E-state index contributed by atoms with van der Waals surface area (Å²) in [7, 11) is 0. The van der Waals surface area contributed by atoms with E-state index in [0.717, 1.165) is 0 Å². The van der Waals surface area contributed by atoms with E-state index in [4.69, 9.17) is 26.8 Å². The first kappa shape index (κ1) is 13.8. The monoisotopic (exact) mass is 221 g/mol. The minimum atomic E-state index is -1.66. The van der Waals surface area contributed by atoms with Crippen molar-refractivity contribution in [2.24, 2.45) is 16.5 Å². The van der Waals surface area contributed by atoms with Gasteiger partial charge in [0.15, 0.2) is 12.2 Å². The summed E-state index contributed by atoms with van der Waals surface area (Å²) >= 11 is 0. The predicted octanol–water partition coefficient (Wildman–Crippen LogP) is -4.10. The first-order chi connectivity index (χ1) is 6.93. The summed E-state index contributed by atoms with van der Waals surface area (Å²) in [6, 6.07) is -1.41. The molecule has 0 saturated carbocycles. The van der Waals surface area contributed by atoms with Gasteiger partial charge in [0.1, 0.15) is 24.4 Å². The third-order valence-corrected chi connectivity index (χ3v) is 1.72. The maximum atomic E-state index is 10.3. The summed E-state index contributed by atoms with van der Waals surface area (Å²) in [4.78, 5) is 13.7. The van der Waals surface area contributed by atoms with Gasteiger partial charge in [-0.25, -0.2) is 4.99 Å². The van der Waals surface area contributed by atoms with E-state index in [1.165, 1.54) is 0 Å². The molecule has 0 radical (unpaired) electrons.